The molecule has 0 radical (unpaired) electrons. The molecule has 0 bridgehead atoms. The number of hydrogen-bond acceptors (Lipinski definition) is 3. The first kappa shape index (κ1) is 11.4. The van der Waals surface area contributed by atoms with E-state index in [1.807, 2.05) is 31.3 Å². The van der Waals surface area contributed by atoms with Gasteiger partial charge in [0.2, 0.25) is 0 Å². The Labute approximate surface area is 100 Å². The maximum atomic E-state index is 4.26. The van der Waals surface area contributed by atoms with Crippen LogP contribution in [0.25, 0.3) is 11.0 Å². The quantitative estimate of drug-likeness (QED) is 0.790. The van der Waals surface area contributed by atoms with Crippen LogP contribution in [0.15, 0.2) is 42.5 Å². The highest BCUT2D eigenvalue weighted by Crippen LogP contribution is 2.18. The summed E-state index contributed by atoms with van der Waals surface area (Å²) in [5.41, 5.74) is 2.89. The summed E-state index contributed by atoms with van der Waals surface area (Å²) in [6.45, 7) is 4.10. The highest BCUT2D eigenvalue weighted by atomic mass is 15.0. The number of aromatic nitrogens is 3. The number of anilines is 1. The first-order valence-corrected chi connectivity index (χ1v) is 5.73. The second kappa shape index (κ2) is 5.30. The third-order valence-corrected chi connectivity index (χ3v) is 2.38. The Bertz CT molecular complexity index is 551. The topological polar surface area (TPSA) is 53.6 Å². The number of rotatable bonds is 4. The van der Waals surface area contributed by atoms with E-state index in [1.54, 1.807) is 6.33 Å². The van der Waals surface area contributed by atoms with Crippen molar-refractivity contribution in [2.75, 3.05) is 5.32 Å². The lowest BCUT2D eigenvalue weighted by Crippen LogP contribution is -2.00. The Morgan fingerprint density at radius 1 is 1.47 bits per heavy atom. The Morgan fingerprint density at radius 3 is 3.12 bits per heavy atom. The van der Waals surface area contributed by atoms with Crippen LogP contribution in [-0.2, 0) is 0 Å². The molecule has 0 saturated heterocycles. The summed E-state index contributed by atoms with van der Waals surface area (Å²) < 4.78 is 0. The summed E-state index contributed by atoms with van der Waals surface area (Å²) in [6.07, 6.45) is 10.6. The van der Waals surface area contributed by atoms with Crippen molar-refractivity contribution in [3.63, 3.8) is 0 Å². The number of nitrogens with one attached hydrogen (secondary N) is 2. The van der Waals surface area contributed by atoms with Crippen LogP contribution in [0.3, 0.4) is 0 Å². The molecule has 0 aliphatic carbocycles. The van der Waals surface area contributed by atoms with Crippen molar-refractivity contribution in [2.45, 2.75) is 20.3 Å². The molecule has 0 aliphatic heterocycles. The Morgan fingerprint density at radius 2 is 2.35 bits per heavy atom. The van der Waals surface area contributed by atoms with Gasteiger partial charge in [-0.05, 0) is 25.5 Å². The first-order chi connectivity index (χ1) is 8.35. The van der Waals surface area contributed by atoms with Gasteiger partial charge in [-0.1, -0.05) is 19.1 Å². The maximum absolute atomic E-state index is 4.26. The maximum Gasteiger partial charge on any atom is 0.158 e. The summed E-state index contributed by atoms with van der Waals surface area (Å²) in [6, 6.07) is 1.93. The molecule has 0 aromatic carbocycles. The number of aromatic amines is 1. The third-order valence-electron chi connectivity index (χ3n) is 2.38. The van der Waals surface area contributed by atoms with Gasteiger partial charge >= 0.3 is 0 Å². The fourth-order valence-corrected chi connectivity index (χ4v) is 1.66. The molecule has 2 aromatic heterocycles. The summed E-state index contributed by atoms with van der Waals surface area (Å²) in [5.74, 6) is 0.804. The lowest BCUT2D eigenvalue weighted by atomic mass is 10.3. The standard InChI is InChI=1S/C13H16N4/c1-3-5-10(6-4-2)17-13-12-11(7-8-14-12)15-9-16-13/h3,5-9,14H,4H2,1-2H3,(H,15,16,17)/b5-3-,10-6+. The van der Waals surface area contributed by atoms with E-state index < -0.39 is 0 Å². The van der Waals surface area contributed by atoms with Crippen molar-refractivity contribution in [2.24, 2.45) is 0 Å². The average Bonchev–Trinajstić information content (AvgIpc) is 2.79. The van der Waals surface area contributed by atoms with Gasteiger partial charge in [-0.3, -0.25) is 0 Å². The van der Waals surface area contributed by atoms with Gasteiger partial charge in [-0.25, -0.2) is 9.97 Å². The largest absolute Gasteiger partial charge is 0.357 e. The number of nitrogens with zero attached hydrogens (tertiary/aromatic N) is 2. The van der Waals surface area contributed by atoms with Gasteiger partial charge in [0.1, 0.15) is 11.8 Å². The molecular formula is C13H16N4. The lowest BCUT2D eigenvalue weighted by molar-refractivity contribution is 1.17. The summed E-state index contributed by atoms with van der Waals surface area (Å²) in [4.78, 5) is 11.6. The normalized spacial score (nSPS) is 12.5. The zero-order valence-electron chi connectivity index (χ0n) is 10.1. The number of fused-ring (bicyclic) bond motifs is 1. The minimum Gasteiger partial charge on any atom is -0.357 e. The van der Waals surface area contributed by atoms with Gasteiger partial charge in [0, 0.05) is 11.9 Å². The molecule has 4 heteroatoms. The second-order valence-corrected chi connectivity index (χ2v) is 3.65. The second-order valence-electron chi connectivity index (χ2n) is 3.65. The molecule has 0 unspecified atom stereocenters. The zero-order chi connectivity index (χ0) is 12.1. The first-order valence-electron chi connectivity index (χ1n) is 5.73. The molecule has 0 amide bonds. The lowest BCUT2D eigenvalue weighted by Gasteiger charge is -2.06. The van der Waals surface area contributed by atoms with Crippen LogP contribution >= 0.6 is 0 Å². The molecule has 2 N–H and O–H groups in total. The molecule has 0 fully saturated rings. The molecule has 0 aliphatic rings. The summed E-state index contributed by atoms with van der Waals surface area (Å²) in [5, 5.41) is 3.30. The van der Waals surface area contributed by atoms with Crippen LogP contribution in [-0.4, -0.2) is 15.0 Å². The molecule has 4 nitrogen and oxygen atoms in total. The van der Waals surface area contributed by atoms with E-state index >= 15 is 0 Å². The van der Waals surface area contributed by atoms with Crippen molar-refractivity contribution in [1.82, 2.24) is 15.0 Å². The van der Waals surface area contributed by atoms with Crippen molar-refractivity contribution < 1.29 is 0 Å². The predicted octanol–water partition coefficient (Wildman–Crippen LogP) is 3.24. The molecule has 0 saturated carbocycles. The highest BCUT2D eigenvalue weighted by Gasteiger charge is 2.04. The van der Waals surface area contributed by atoms with Crippen LogP contribution in [0.4, 0.5) is 5.82 Å². The third kappa shape index (κ3) is 2.53. The fraction of sp³-hybridized carbons (Fsp3) is 0.231. The molecule has 0 atom stereocenters. The SMILES string of the molecule is C/C=C\C(=C/CC)Nc1ncnc2cc[nH]c12. The molecule has 17 heavy (non-hydrogen) atoms. The van der Waals surface area contributed by atoms with E-state index in [2.05, 4.69) is 33.3 Å². The number of hydrogen-bond donors (Lipinski definition) is 2. The minimum atomic E-state index is 0.804. The zero-order valence-corrected chi connectivity index (χ0v) is 10.1. The molecular weight excluding hydrogens is 212 g/mol. The smallest absolute Gasteiger partial charge is 0.158 e. The monoisotopic (exact) mass is 228 g/mol. The van der Waals surface area contributed by atoms with E-state index in [9.17, 15) is 0 Å². The molecule has 0 spiro atoms. The predicted molar refractivity (Wildman–Crippen MR) is 70.7 cm³/mol. The Balaban J connectivity index is 2.34. The van der Waals surface area contributed by atoms with Gasteiger partial charge < -0.3 is 10.3 Å². The number of H-pyrrole nitrogens is 1. The van der Waals surface area contributed by atoms with Gasteiger partial charge in [-0.15, -0.1) is 0 Å². The van der Waals surface area contributed by atoms with Crippen LogP contribution in [0, 0.1) is 0 Å². The van der Waals surface area contributed by atoms with E-state index in [1.165, 1.54) is 0 Å². The average molecular weight is 228 g/mol. The van der Waals surface area contributed by atoms with Crippen molar-refractivity contribution in [3.8, 4) is 0 Å². The van der Waals surface area contributed by atoms with Crippen molar-refractivity contribution in [3.05, 3.63) is 42.5 Å². The van der Waals surface area contributed by atoms with E-state index in [0.717, 1.165) is 29.0 Å². The van der Waals surface area contributed by atoms with Gasteiger partial charge in [0.25, 0.3) is 0 Å². The van der Waals surface area contributed by atoms with Crippen LogP contribution in [0.2, 0.25) is 0 Å². The fourth-order valence-electron chi connectivity index (χ4n) is 1.66. The molecule has 88 valence electrons. The Hall–Kier alpha value is -2.10. The van der Waals surface area contributed by atoms with E-state index in [-0.39, 0.29) is 0 Å². The van der Waals surface area contributed by atoms with Crippen LogP contribution < -0.4 is 5.32 Å². The molecule has 2 aromatic rings. The van der Waals surface area contributed by atoms with Gasteiger partial charge in [0.05, 0.1) is 5.52 Å². The van der Waals surface area contributed by atoms with E-state index in [0.29, 0.717) is 0 Å². The van der Waals surface area contributed by atoms with Crippen molar-refractivity contribution >= 4 is 16.9 Å². The van der Waals surface area contributed by atoms with Crippen molar-refractivity contribution in [1.29, 1.82) is 0 Å². The minimum absolute atomic E-state index is 0.804. The number of allylic oxidation sites excluding steroid dienone is 3. The van der Waals surface area contributed by atoms with Gasteiger partial charge in [0.15, 0.2) is 5.82 Å². The molecule has 2 rings (SSSR count). The van der Waals surface area contributed by atoms with Crippen LogP contribution in [0.5, 0.6) is 0 Å². The highest BCUT2D eigenvalue weighted by molar-refractivity contribution is 5.86. The van der Waals surface area contributed by atoms with Gasteiger partial charge in [-0.2, -0.15) is 0 Å². The summed E-state index contributed by atoms with van der Waals surface area (Å²) >= 11 is 0. The Kier molecular flexibility index (Phi) is 3.55. The van der Waals surface area contributed by atoms with E-state index in [4.69, 9.17) is 0 Å². The molecule has 2 heterocycles. The summed E-state index contributed by atoms with van der Waals surface area (Å²) in [7, 11) is 0. The van der Waals surface area contributed by atoms with Crippen LogP contribution in [0.1, 0.15) is 20.3 Å².